The molecule has 3 heterocycles. The summed E-state index contributed by atoms with van der Waals surface area (Å²) in [5, 5.41) is 5.24. The van der Waals surface area contributed by atoms with E-state index in [0.29, 0.717) is 17.1 Å². The van der Waals surface area contributed by atoms with E-state index in [0.717, 1.165) is 52.3 Å². The van der Waals surface area contributed by atoms with Crippen LogP contribution in [0.25, 0.3) is 17.0 Å². The number of fused-ring (bicyclic) bond motifs is 3. The Balaban J connectivity index is 1.37. The molecule has 1 aliphatic rings. The zero-order valence-corrected chi connectivity index (χ0v) is 20.4. The molecule has 0 spiro atoms. The quantitative estimate of drug-likeness (QED) is 0.321. The number of nitrogens with one attached hydrogen (secondary N) is 1. The molecule has 0 atom stereocenters. The van der Waals surface area contributed by atoms with Gasteiger partial charge in [0.2, 0.25) is 5.95 Å². The minimum absolute atomic E-state index is 0.210. The molecule has 1 amide bonds. The van der Waals surface area contributed by atoms with Gasteiger partial charge in [-0.25, -0.2) is 9.78 Å². The highest BCUT2D eigenvalue weighted by Crippen LogP contribution is 2.32. The van der Waals surface area contributed by atoms with Crippen LogP contribution in [0.1, 0.15) is 22.4 Å². The van der Waals surface area contributed by atoms with E-state index in [4.69, 9.17) is 23.2 Å². The lowest BCUT2D eigenvalue weighted by Crippen LogP contribution is -2.34. The van der Waals surface area contributed by atoms with E-state index < -0.39 is 5.95 Å². The first-order valence-electron chi connectivity index (χ1n) is 11.3. The van der Waals surface area contributed by atoms with Gasteiger partial charge in [0.25, 0.3) is 0 Å². The first-order chi connectivity index (χ1) is 17.0. The van der Waals surface area contributed by atoms with E-state index in [2.05, 4.69) is 27.4 Å². The van der Waals surface area contributed by atoms with E-state index in [1.54, 1.807) is 16.7 Å². The predicted octanol–water partition coefficient (Wildman–Crippen LogP) is 6.31. The van der Waals surface area contributed by atoms with Crippen LogP contribution in [-0.4, -0.2) is 33.6 Å². The summed E-state index contributed by atoms with van der Waals surface area (Å²) < 4.78 is 15.2. The number of aromatic nitrogens is 2. The number of benzene rings is 2. The molecule has 4 aromatic rings. The first-order valence-corrected chi connectivity index (χ1v) is 12.1. The zero-order valence-electron chi connectivity index (χ0n) is 18.8. The second kappa shape index (κ2) is 10.2. The van der Waals surface area contributed by atoms with Crippen LogP contribution in [0.5, 0.6) is 0 Å². The summed E-state index contributed by atoms with van der Waals surface area (Å²) in [5.74, 6) is -0.569. The second-order valence-corrected chi connectivity index (χ2v) is 9.38. The molecule has 8 heteroatoms. The SMILES string of the molecule is O=C(NCc1ccnc(F)c1)n1c2c(c3cc(Cl)ccc31)CN(CC=Cc1ccc(Cl)cc1)CC2. The Bertz CT molecular complexity index is 1410. The molecular formula is C27H23Cl2FN4O. The Morgan fingerprint density at radius 1 is 1.09 bits per heavy atom. The van der Waals surface area contributed by atoms with Gasteiger partial charge >= 0.3 is 6.03 Å². The largest absolute Gasteiger partial charge is 0.333 e. The van der Waals surface area contributed by atoms with Crippen LogP contribution >= 0.6 is 23.2 Å². The summed E-state index contributed by atoms with van der Waals surface area (Å²) in [6.45, 7) is 2.54. The molecule has 5 rings (SSSR count). The van der Waals surface area contributed by atoms with E-state index in [-0.39, 0.29) is 12.6 Å². The van der Waals surface area contributed by atoms with Gasteiger partial charge in [0.05, 0.1) is 5.52 Å². The van der Waals surface area contributed by atoms with Crippen LogP contribution in [0, 0.1) is 5.95 Å². The topological polar surface area (TPSA) is 50.2 Å². The number of hydrogen-bond acceptors (Lipinski definition) is 3. The Labute approximate surface area is 212 Å². The summed E-state index contributed by atoms with van der Waals surface area (Å²) in [5.41, 5.74) is 4.66. The molecule has 0 radical (unpaired) electrons. The third-order valence-corrected chi connectivity index (χ3v) is 6.66. The maximum atomic E-state index is 13.4. The summed E-state index contributed by atoms with van der Waals surface area (Å²) in [6.07, 6.45) is 6.35. The van der Waals surface area contributed by atoms with Gasteiger partial charge < -0.3 is 5.32 Å². The van der Waals surface area contributed by atoms with Crippen molar-refractivity contribution in [2.75, 3.05) is 13.1 Å². The highest BCUT2D eigenvalue weighted by molar-refractivity contribution is 6.31. The van der Waals surface area contributed by atoms with Gasteiger partial charge in [-0.3, -0.25) is 9.47 Å². The smallest absolute Gasteiger partial charge is 0.326 e. The number of pyridine rings is 1. The van der Waals surface area contributed by atoms with Crippen molar-refractivity contribution in [1.29, 1.82) is 0 Å². The number of nitrogens with zero attached hydrogens (tertiary/aromatic N) is 3. The molecule has 0 aliphatic carbocycles. The van der Waals surface area contributed by atoms with Crippen molar-refractivity contribution in [3.63, 3.8) is 0 Å². The van der Waals surface area contributed by atoms with Crippen molar-refractivity contribution >= 4 is 46.2 Å². The Morgan fingerprint density at radius 3 is 2.69 bits per heavy atom. The van der Waals surface area contributed by atoms with Crippen molar-refractivity contribution < 1.29 is 9.18 Å². The Hall–Kier alpha value is -3.19. The monoisotopic (exact) mass is 508 g/mol. The van der Waals surface area contributed by atoms with Crippen LogP contribution < -0.4 is 5.32 Å². The molecule has 0 saturated heterocycles. The van der Waals surface area contributed by atoms with Gasteiger partial charge in [0.1, 0.15) is 0 Å². The fourth-order valence-electron chi connectivity index (χ4n) is 4.50. The Morgan fingerprint density at radius 2 is 1.89 bits per heavy atom. The van der Waals surface area contributed by atoms with E-state index in [1.807, 2.05) is 36.4 Å². The maximum Gasteiger partial charge on any atom is 0.326 e. The second-order valence-electron chi connectivity index (χ2n) is 8.51. The van der Waals surface area contributed by atoms with Crippen LogP contribution in [0.2, 0.25) is 10.0 Å². The third kappa shape index (κ3) is 5.25. The predicted molar refractivity (Wildman–Crippen MR) is 138 cm³/mol. The maximum absolute atomic E-state index is 13.4. The van der Waals surface area contributed by atoms with Gasteiger partial charge in [-0.2, -0.15) is 4.39 Å². The average Bonchev–Trinajstić information content (AvgIpc) is 3.17. The average molecular weight is 509 g/mol. The molecule has 0 bridgehead atoms. The third-order valence-electron chi connectivity index (χ3n) is 6.17. The highest BCUT2D eigenvalue weighted by atomic mass is 35.5. The fourth-order valence-corrected chi connectivity index (χ4v) is 4.79. The summed E-state index contributed by atoms with van der Waals surface area (Å²) in [6, 6.07) is 16.1. The number of amides is 1. The number of carbonyl (C=O) groups is 1. The summed E-state index contributed by atoms with van der Waals surface area (Å²) >= 11 is 12.3. The van der Waals surface area contributed by atoms with Gasteiger partial charge in [-0.15, -0.1) is 0 Å². The number of hydrogen-bond donors (Lipinski definition) is 1. The molecule has 35 heavy (non-hydrogen) atoms. The molecule has 5 nitrogen and oxygen atoms in total. The minimum atomic E-state index is -0.569. The summed E-state index contributed by atoms with van der Waals surface area (Å²) in [4.78, 5) is 19.1. The molecule has 1 aliphatic heterocycles. The molecule has 0 unspecified atom stereocenters. The molecule has 178 valence electrons. The standard InChI is InChI=1S/C27H23Cl2FN4O/c28-20-5-3-18(4-6-20)2-1-12-33-13-10-25-23(17-33)22-15-21(29)7-8-24(22)34(25)27(35)32-16-19-9-11-31-26(30)14-19/h1-9,11,14-15H,10,12-13,16-17H2,(H,32,35). The lowest BCUT2D eigenvalue weighted by molar-refractivity contribution is 0.240. The minimum Gasteiger partial charge on any atom is -0.333 e. The lowest BCUT2D eigenvalue weighted by atomic mass is 10.0. The number of rotatable bonds is 5. The zero-order chi connectivity index (χ0) is 24.4. The first kappa shape index (κ1) is 23.5. The summed E-state index contributed by atoms with van der Waals surface area (Å²) in [7, 11) is 0. The molecule has 0 saturated carbocycles. The van der Waals surface area contributed by atoms with Gasteiger partial charge in [-0.05, 0) is 59.2 Å². The molecule has 0 fully saturated rings. The molecular weight excluding hydrogens is 486 g/mol. The Kier molecular flexibility index (Phi) is 6.86. The van der Waals surface area contributed by atoms with E-state index in [9.17, 15) is 9.18 Å². The number of carbonyl (C=O) groups excluding carboxylic acids is 1. The molecule has 2 aromatic carbocycles. The molecule has 2 aromatic heterocycles. The van der Waals surface area contributed by atoms with Crippen LogP contribution in [0.4, 0.5) is 9.18 Å². The van der Waals surface area contributed by atoms with Crippen LogP contribution in [0.15, 0.2) is 66.9 Å². The van der Waals surface area contributed by atoms with Gasteiger partial charge in [0, 0.05) is 59.9 Å². The normalized spacial score (nSPS) is 13.9. The van der Waals surface area contributed by atoms with Crippen molar-refractivity contribution in [2.24, 2.45) is 0 Å². The number of halogens is 3. The lowest BCUT2D eigenvalue weighted by Gasteiger charge is -2.27. The van der Waals surface area contributed by atoms with E-state index in [1.165, 1.54) is 12.3 Å². The van der Waals surface area contributed by atoms with Crippen molar-refractivity contribution in [3.8, 4) is 0 Å². The van der Waals surface area contributed by atoms with Crippen molar-refractivity contribution in [1.82, 2.24) is 19.8 Å². The highest BCUT2D eigenvalue weighted by Gasteiger charge is 2.26. The van der Waals surface area contributed by atoms with E-state index >= 15 is 0 Å². The van der Waals surface area contributed by atoms with Crippen molar-refractivity contribution in [3.05, 3.63) is 105 Å². The van der Waals surface area contributed by atoms with Gasteiger partial charge in [-0.1, -0.05) is 47.5 Å². The van der Waals surface area contributed by atoms with Gasteiger partial charge in [0.15, 0.2) is 0 Å². The molecule has 1 N–H and O–H groups in total. The fraction of sp³-hybridized carbons (Fsp3) is 0.185. The van der Waals surface area contributed by atoms with Crippen LogP contribution in [0.3, 0.4) is 0 Å². The van der Waals surface area contributed by atoms with Crippen molar-refractivity contribution in [2.45, 2.75) is 19.5 Å². The van der Waals surface area contributed by atoms with Crippen LogP contribution in [-0.2, 0) is 19.5 Å².